The minimum atomic E-state index is -1.92. The van der Waals surface area contributed by atoms with Crippen molar-refractivity contribution in [2.45, 2.75) is 4.90 Å². The van der Waals surface area contributed by atoms with Crippen LogP contribution in [0, 0.1) is 0 Å². The van der Waals surface area contributed by atoms with Gasteiger partial charge in [-0.2, -0.15) is 0 Å². The van der Waals surface area contributed by atoms with Gasteiger partial charge in [-0.05, 0) is 36.6 Å². The molecule has 0 spiro atoms. The first kappa shape index (κ1) is 20.2. The van der Waals surface area contributed by atoms with E-state index in [-0.39, 0.29) is 0 Å². The standard InChI is InChI=1S/C10H11N3O2.C7H9O2PS/c1-14-8-3-6-7(4-9(8)15-2)12-5-13-10(6)11;1-11-7-4-2-6(3-5-7)10(8)9/h3-5H,1-2H3,(H2,11,12,13);2-5,8-9H,1H3. The zero-order valence-corrected chi connectivity index (χ0v) is 16.3. The predicted molar refractivity (Wildman–Crippen MR) is 106 cm³/mol. The van der Waals surface area contributed by atoms with E-state index in [1.165, 1.54) is 6.33 Å². The summed E-state index contributed by atoms with van der Waals surface area (Å²) >= 11 is 1.63. The van der Waals surface area contributed by atoms with Gasteiger partial charge < -0.3 is 25.0 Å². The number of nitrogens with zero attached hydrogens (tertiary/aromatic N) is 2. The van der Waals surface area contributed by atoms with Crippen molar-refractivity contribution in [3.8, 4) is 11.5 Å². The number of nitrogens with two attached hydrogens (primary N) is 1. The summed E-state index contributed by atoms with van der Waals surface area (Å²) < 4.78 is 10.3. The molecule has 0 aliphatic rings. The Labute approximate surface area is 157 Å². The Balaban J connectivity index is 0.000000197. The summed E-state index contributed by atoms with van der Waals surface area (Å²) in [7, 11) is 1.23. The van der Waals surface area contributed by atoms with Gasteiger partial charge in [-0.15, -0.1) is 11.8 Å². The zero-order chi connectivity index (χ0) is 19.1. The molecule has 0 saturated heterocycles. The molecule has 0 fully saturated rings. The van der Waals surface area contributed by atoms with Crippen LogP contribution < -0.4 is 20.5 Å². The molecule has 0 aliphatic heterocycles. The Morgan fingerprint density at radius 2 is 1.62 bits per heavy atom. The number of aromatic nitrogens is 2. The van der Waals surface area contributed by atoms with E-state index in [9.17, 15) is 0 Å². The minimum absolute atomic E-state index is 0.431. The molecule has 4 N–H and O–H groups in total. The van der Waals surface area contributed by atoms with Crippen LogP contribution in [0.3, 0.4) is 0 Å². The zero-order valence-electron chi connectivity index (χ0n) is 14.6. The monoisotopic (exact) mass is 393 g/mol. The van der Waals surface area contributed by atoms with Crippen molar-refractivity contribution in [1.82, 2.24) is 9.97 Å². The molecule has 9 heteroatoms. The highest BCUT2D eigenvalue weighted by atomic mass is 32.2. The second kappa shape index (κ2) is 9.54. The third-order valence-corrected chi connectivity index (χ3v) is 4.98. The third kappa shape index (κ3) is 4.95. The van der Waals surface area contributed by atoms with Crippen LogP contribution in [0.2, 0.25) is 0 Å². The fourth-order valence-electron chi connectivity index (χ4n) is 2.12. The lowest BCUT2D eigenvalue weighted by Gasteiger charge is -2.08. The van der Waals surface area contributed by atoms with Gasteiger partial charge in [0.15, 0.2) is 19.9 Å². The molecule has 3 aromatic rings. The average molecular weight is 393 g/mol. The van der Waals surface area contributed by atoms with Crippen LogP contribution in [-0.4, -0.2) is 40.2 Å². The first-order valence-electron chi connectivity index (χ1n) is 7.44. The quantitative estimate of drug-likeness (QED) is 0.458. The van der Waals surface area contributed by atoms with E-state index in [1.54, 1.807) is 50.2 Å². The third-order valence-electron chi connectivity index (χ3n) is 3.47. The van der Waals surface area contributed by atoms with Gasteiger partial charge in [0.25, 0.3) is 0 Å². The molecule has 0 bridgehead atoms. The molecule has 0 amide bonds. The number of methoxy groups -OCH3 is 2. The number of benzene rings is 2. The van der Waals surface area contributed by atoms with E-state index in [0.717, 1.165) is 15.8 Å². The molecule has 0 unspecified atom stereocenters. The Bertz CT molecular complexity index is 863. The fourth-order valence-corrected chi connectivity index (χ4v) is 2.94. The van der Waals surface area contributed by atoms with Crippen molar-refractivity contribution in [2.24, 2.45) is 0 Å². The average Bonchev–Trinajstić information content (AvgIpc) is 2.67. The highest BCUT2D eigenvalue weighted by Gasteiger charge is 2.08. The van der Waals surface area contributed by atoms with Crippen molar-refractivity contribution in [3.63, 3.8) is 0 Å². The Morgan fingerprint density at radius 3 is 2.15 bits per heavy atom. The summed E-state index contributed by atoms with van der Waals surface area (Å²) in [5.41, 5.74) is 6.46. The van der Waals surface area contributed by atoms with Gasteiger partial charge >= 0.3 is 0 Å². The highest BCUT2D eigenvalue weighted by Crippen LogP contribution is 2.32. The van der Waals surface area contributed by atoms with Crippen molar-refractivity contribution in [1.29, 1.82) is 0 Å². The van der Waals surface area contributed by atoms with E-state index in [1.807, 2.05) is 18.4 Å². The number of hydrogen-bond acceptors (Lipinski definition) is 8. The maximum absolute atomic E-state index is 8.80. The van der Waals surface area contributed by atoms with E-state index >= 15 is 0 Å². The minimum Gasteiger partial charge on any atom is -0.493 e. The van der Waals surface area contributed by atoms with Gasteiger partial charge in [0.1, 0.15) is 12.1 Å². The molecule has 26 heavy (non-hydrogen) atoms. The number of nitrogen functional groups attached to an aromatic ring is 1. The molecule has 0 atom stereocenters. The number of thioether (sulfide) groups is 1. The van der Waals surface area contributed by atoms with Crippen molar-refractivity contribution in [2.75, 3.05) is 26.2 Å². The fraction of sp³-hybridized carbons (Fsp3) is 0.176. The normalized spacial score (nSPS) is 10.4. The topological polar surface area (TPSA) is 111 Å². The van der Waals surface area contributed by atoms with Crippen LogP contribution in [0.25, 0.3) is 10.9 Å². The van der Waals surface area contributed by atoms with Crippen molar-refractivity contribution >= 4 is 42.2 Å². The Hall–Kier alpha value is -2.12. The maximum atomic E-state index is 8.80. The van der Waals surface area contributed by atoms with Crippen LogP contribution in [0.15, 0.2) is 47.6 Å². The summed E-state index contributed by atoms with van der Waals surface area (Å²) in [6.45, 7) is 0. The SMILES string of the molecule is COc1cc2ncnc(N)c2cc1OC.CSc1ccc(P(O)O)cc1. The molecule has 7 nitrogen and oxygen atoms in total. The van der Waals surface area contributed by atoms with Gasteiger partial charge in [0.2, 0.25) is 0 Å². The summed E-state index contributed by atoms with van der Waals surface area (Å²) in [6.07, 6.45) is 3.40. The Kier molecular flexibility index (Phi) is 7.41. The van der Waals surface area contributed by atoms with E-state index in [0.29, 0.717) is 22.6 Å². The lowest BCUT2D eigenvalue weighted by Crippen LogP contribution is -1.97. The number of rotatable bonds is 4. The second-order valence-corrected chi connectivity index (χ2v) is 6.95. The first-order valence-corrected chi connectivity index (χ1v) is 9.91. The van der Waals surface area contributed by atoms with E-state index < -0.39 is 8.38 Å². The molecule has 1 heterocycles. The number of ether oxygens (including phenoxy) is 2. The van der Waals surface area contributed by atoms with Gasteiger partial charge in [-0.1, -0.05) is 0 Å². The van der Waals surface area contributed by atoms with Crippen LogP contribution in [0.1, 0.15) is 0 Å². The van der Waals surface area contributed by atoms with Crippen LogP contribution in [0.5, 0.6) is 11.5 Å². The van der Waals surface area contributed by atoms with Gasteiger partial charge in [0.05, 0.1) is 19.7 Å². The van der Waals surface area contributed by atoms with E-state index in [4.69, 9.17) is 25.0 Å². The molecular weight excluding hydrogens is 373 g/mol. The summed E-state index contributed by atoms with van der Waals surface area (Å²) in [5.74, 6) is 1.68. The molecule has 2 aromatic carbocycles. The second-order valence-electron chi connectivity index (χ2n) is 4.97. The number of fused-ring (bicyclic) bond motifs is 1. The summed E-state index contributed by atoms with van der Waals surface area (Å²) in [4.78, 5) is 26.7. The molecular formula is C17H20N3O4PS. The largest absolute Gasteiger partial charge is 0.493 e. The first-order chi connectivity index (χ1) is 12.5. The molecule has 3 rings (SSSR count). The van der Waals surface area contributed by atoms with Gasteiger partial charge in [-0.3, -0.25) is 0 Å². The van der Waals surface area contributed by atoms with Gasteiger partial charge in [-0.25, -0.2) is 9.97 Å². The lowest BCUT2D eigenvalue weighted by molar-refractivity contribution is 0.356. The van der Waals surface area contributed by atoms with Crippen LogP contribution >= 0.6 is 20.1 Å². The lowest BCUT2D eigenvalue weighted by atomic mass is 10.2. The van der Waals surface area contributed by atoms with Gasteiger partial charge in [0, 0.05) is 21.7 Å². The summed E-state index contributed by atoms with van der Waals surface area (Å²) in [6, 6.07) is 10.8. The predicted octanol–water partition coefficient (Wildman–Crippen LogP) is 2.56. The molecule has 138 valence electrons. The molecule has 0 saturated carbocycles. The molecule has 0 aliphatic carbocycles. The maximum Gasteiger partial charge on any atom is 0.199 e. The van der Waals surface area contributed by atoms with Crippen LogP contribution in [-0.2, 0) is 0 Å². The highest BCUT2D eigenvalue weighted by molar-refractivity contribution is 7.98. The molecule has 1 aromatic heterocycles. The van der Waals surface area contributed by atoms with Crippen molar-refractivity contribution < 1.29 is 19.3 Å². The summed E-state index contributed by atoms with van der Waals surface area (Å²) in [5, 5.41) is 1.35. The smallest absolute Gasteiger partial charge is 0.199 e. The molecule has 0 radical (unpaired) electrons. The van der Waals surface area contributed by atoms with Crippen molar-refractivity contribution in [3.05, 3.63) is 42.7 Å². The number of anilines is 1. The van der Waals surface area contributed by atoms with E-state index in [2.05, 4.69) is 9.97 Å². The Morgan fingerprint density at radius 1 is 1.00 bits per heavy atom. The van der Waals surface area contributed by atoms with Crippen LogP contribution in [0.4, 0.5) is 5.82 Å². The number of hydrogen-bond donors (Lipinski definition) is 3.